The molecule has 19 heavy (non-hydrogen) atoms. The summed E-state index contributed by atoms with van der Waals surface area (Å²) in [6.45, 7) is 9.30. The van der Waals surface area contributed by atoms with Crippen LogP contribution in [-0.2, 0) is 19.1 Å². The summed E-state index contributed by atoms with van der Waals surface area (Å²) >= 11 is 0. The molecule has 0 heterocycles. The largest absolute Gasteiger partial charge is 0.462 e. The van der Waals surface area contributed by atoms with Crippen molar-refractivity contribution >= 4 is 18.0 Å². The van der Waals surface area contributed by atoms with E-state index in [2.05, 4.69) is 20.4 Å². The van der Waals surface area contributed by atoms with Crippen molar-refractivity contribution < 1.29 is 19.1 Å². The van der Waals surface area contributed by atoms with Gasteiger partial charge in [-0.15, -0.1) is 6.58 Å². The molecule has 1 rings (SSSR count). The first-order valence-electron chi connectivity index (χ1n) is 6.59. The van der Waals surface area contributed by atoms with Gasteiger partial charge >= 0.3 is 5.97 Å². The molecule has 0 aromatic carbocycles. The molecule has 0 aliphatic heterocycles. The van der Waals surface area contributed by atoms with E-state index in [1.54, 1.807) is 0 Å². The Bertz CT molecular complexity index is 384. The van der Waals surface area contributed by atoms with Crippen molar-refractivity contribution in [3.63, 3.8) is 0 Å². The molecule has 0 bridgehead atoms. The zero-order valence-electron chi connectivity index (χ0n) is 11.8. The molecule has 0 amide bonds. The second-order valence-electron chi connectivity index (χ2n) is 5.70. The number of aldehydes is 1. The number of carbonyl (C=O) groups is 3. The second-order valence-corrected chi connectivity index (χ2v) is 5.70. The van der Waals surface area contributed by atoms with Crippen LogP contribution in [0, 0.1) is 17.3 Å². The summed E-state index contributed by atoms with van der Waals surface area (Å²) in [7, 11) is 0. The van der Waals surface area contributed by atoms with E-state index in [1.165, 1.54) is 6.92 Å². The Morgan fingerprint density at radius 1 is 1.42 bits per heavy atom. The number of hydrogen-bond donors (Lipinski definition) is 0. The minimum Gasteiger partial charge on any atom is -0.462 e. The maximum Gasteiger partial charge on any atom is 0.302 e. The molecule has 106 valence electrons. The first kappa shape index (κ1) is 15.6. The summed E-state index contributed by atoms with van der Waals surface area (Å²) in [5, 5.41) is 0. The van der Waals surface area contributed by atoms with Gasteiger partial charge in [0.2, 0.25) is 0 Å². The fourth-order valence-electron chi connectivity index (χ4n) is 2.88. The third-order valence-electron chi connectivity index (χ3n) is 3.94. The number of allylic oxidation sites excluding steroid dienone is 1. The number of Topliss-reactive ketones (excluding diaryl/α,β-unsaturated/α-hetero) is 1. The summed E-state index contributed by atoms with van der Waals surface area (Å²) in [5.74, 6) is -0.0210. The molecule has 1 saturated carbocycles. The zero-order chi connectivity index (χ0) is 14.6. The van der Waals surface area contributed by atoms with Gasteiger partial charge in [0.15, 0.2) is 0 Å². The van der Waals surface area contributed by atoms with Crippen LogP contribution in [0.2, 0.25) is 0 Å². The van der Waals surface area contributed by atoms with E-state index in [9.17, 15) is 14.4 Å². The third kappa shape index (κ3) is 3.75. The Kier molecular flexibility index (Phi) is 5.04. The van der Waals surface area contributed by atoms with Crippen LogP contribution in [0.25, 0.3) is 0 Å². The normalized spacial score (nSPS) is 25.2. The fourth-order valence-corrected chi connectivity index (χ4v) is 2.88. The Labute approximate surface area is 114 Å². The van der Waals surface area contributed by atoms with Crippen molar-refractivity contribution in [3.8, 4) is 0 Å². The van der Waals surface area contributed by atoms with Crippen LogP contribution in [-0.4, -0.2) is 24.1 Å². The van der Waals surface area contributed by atoms with Crippen LogP contribution < -0.4 is 0 Å². The van der Waals surface area contributed by atoms with Crippen LogP contribution in [0.4, 0.5) is 0 Å². The van der Waals surface area contributed by atoms with E-state index in [0.717, 1.165) is 6.29 Å². The van der Waals surface area contributed by atoms with E-state index in [0.29, 0.717) is 0 Å². The highest BCUT2D eigenvalue weighted by Crippen LogP contribution is 2.61. The lowest BCUT2D eigenvalue weighted by atomic mass is 10.00. The Balaban J connectivity index is 2.68. The van der Waals surface area contributed by atoms with Crippen molar-refractivity contribution in [2.45, 2.75) is 46.1 Å². The van der Waals surface area contributed by atoms with E-state index in [1.807, 2.05) is 6.08 Å². The Morgan fingerprint density at radius 2 is 2.05 bits per heavy atom. The number of esters is 1. The second kappa shape index (κ2) is 6.13. The standard InChI is InChI=1S/C15H22O4/c1-5-12-14(15(12,3)4)13(19-10(2)17)9-11(18)7-6-8-16/h5,8,12-14H,1,6-7,9H2,2-4H3/t12-,13-,14-/m0/s1. The maximum absolute atomic E-state index is 11.8. The quantitative estimate of drug-likeness (QED) is 0.384. The van der Waals surface area contributed by atoms with Crippen molar-refractivity contribution in [1.29, 1.82) is 0 Å². The molecule has 3 atom stereocenters. The smallest absolute Gasteiger partial charge is 0.302 e. The van der Waals surface area contributed by atoms with E-state index >= 15 is 0 Å². The lowest BCUT2D eigenvalue weighted by Crippen LogP contribution is -2.24. The summed E-state index contributed by atoms with van der Waals surface area (Å²) < 4.78 is 5.30. The first-order chi connectivity index (χ1) is 8.84. The molecule has 4 heteroatoms. The van der Waals surface area contributed by atoms with E-state index < -0.39 is 6.10 Å². The molecular weight excluding hydrogens is 244 g/mol. The molecule has 0 spiro atoms. The molecule has 0 N–H and O–H groups in total. The topological polar surface area (TPSA) is 60.4 Å². The van der Waals surface area contributed by atoms with E-state index in [-0.39, 0.29) is 48.3 Å². The van der Waals surface area contributed by atoms with Crippen LogP contribution in [0.15, 0.2) is 12.7 Å². The number of ketones is 1. The van der Waals surface area contributed by atoms with Gasteiger partial charge in [-0.1, -0.05) is 19.9 Å². The molecule has 0 unspecified atom stereocenters. The summed E-state index contributed by atoms with van der Waals surface area (Å²) in [5.41, 5.74) is 0.00675. The molecule has 1 aliphatic rings. The van der Waals surface area contributed by atoms with Gasteiger partial charge in [0.25, 0.3) is 0 Å². The monoisotopic (exact) mass is 266 g/mol. The average Bonchev–Trinajstić information content (AvgIpc) is 2.86. The Hall–Kier alpha value is -1.45. The van der Waals surface area contributed by atoms with E-state index in [4.69, 9.17) is 4.74 Å². The molecule has 1 fully saturated rings. The van der Waals surface area contributed by atoms with Crippen molar-refractivity contribution in [2.24, 2.45) is 17.3 Å². The lowest BCUT2D eigenvalue weighted by molar-refractivity contribution is -0.149. The SMILES string of the molecule is C=C[C@H]1[C@@H]([C@H](CC(=O)CCC=O)OC(C)=O)C1(C)C. The van der Waals surface area contributed by atoms with Crippen molar-refractivity contribution in [1.82, 2.24) is 0 Å². The van der Waals surface area contributed by atoms with Gasteiger partial charge in [-0.25, -0.2) is 0 Å². The van der Waals surface area contributed by atoms with Gasteiger partial charge in [-0.05, 0) is 11.3 Å². The van der Waals surface area contributed by atoms with Crippen LogP contribution >= 0.6 is 0 Å². The maximum atomic E-state index is 11.8. The highest BCUT2D eigenvalue weighted by molar-refractivity contribution is 5.81. The minimum absolute atomic E-state index is 0.00675. The number of carbonyl (C=O) groups excluding carboxylic acids is 3. The van der Waals surface area contributed by atoms with Gasteiger partial charge in [0, 0.05) is 32.1 Å². The van der Waals surface area contributed by atoms with Crippen LogP contribution in [0.3, 0.4) is 0 Å². The van der Waals surface area contributed by atoms with Gasteiger partial charge < -0.3 is 9.53 Å². The summed E-state index contributed by atoms with van der Waals surface area (Å²) in [4.78, 5) is 33.2. The third-order valence-corrected chi connectivity index (χ3v) is 3.94. The molecule has 0 saturated heterocycles. The lowest BCUT2D eigenvalue weighted by Gasteiger charge is -2.17. The van der Waals surface area contributed by atoms with Crippen LogP contribution in [0.5, 0.6) is 0 Å². The highest BCUT2D eigenvalue weighted by atomic mass is 16.5. The average molecular weight is 266 g/mol. The van der Waals surface area contributed by atoms with Crippen molar-refractivity contribution in [3.05, 3.63) is 12.7 Å². The molecule has 0 aromatic rings. The molecule has 0 aromatic heterocycles. The Morgan fingerprint density at radius 3 is 2.47 bits per heavy atom. The number of rotatable bonds is 8. The van der Waals surface area contributed by atoms with Gasteiger partial charge in [0.05, 0.1) is 0 Å². The van der Waals surface area contributed by atoms with Gasteiger partial charge in [0.1, 0.15) is 18.2 Å². The molecule has 1 aliphatic carbocycles. The summed E-state index contributed by atoms with van der Waals surface area (Å²) in [6, 6.07) is 0. The van der Waals surface area contributed by atoms with Gasteiger partial charge in [-0.3, -0.25) is 9.59 Å². The first-order valence-corrected chi connectivity index (χ1v) is 6.59. The predicted octanol–water partition coefficient (Wildman–Crippen LogP) is 2.31. The van der Waals surface area contributed by atoms with Gasteiger partial charge in [-0.2, -0.15) is 0 Å². The number of ether oxygens (including phenoxy) is 1. The molecule has 0 radical (unpaired) electrons. The van der Waals surface area contributed by atoms with Crippen molar-refractivity contribution in [2.75, 3.05) is 0 Å². The molecule has 4 nitrogen and oxygen atoms in total. The molecular formula is C15H22O4. The zero-order valence-corrected chi connectivity index (χ0v) is 11.8. The highest BCUT2D eigenvalue weighted by Gasteiger charge is 2.60. The summed E-state index contributed by atoms with van der Waals surface area (Å²) in [6.07, 6.45) is 2.81. The van der Waals surface area contributed by atoms with Crippen LogP contribution in [0.1, 0.15) is 40.0 Å². The predicted molar refractivity (Wildman–Crippen MR) is 71.4 cm³/mol. The fraction of sp³-hybridized carbons (Fsp3) is 0.667. The minimum atomic E-state index is -0.408. The number of hydrogen-bond acceptors (Lipinski definition) is 4.